The third-order valence-electron chi connectivity index (χ3n) is 7.14. The summed E-state index contributed by atoms with van der Waals surface area (Å²) in [4.78, 5) is 39.3. The number of benzene rings is 2. The molecule has 0 unspecified atom stereocenters. The van der Waals surface area contributed by atoms with Crippen molar-refractivity contribution < 1.29 is 23.8 Å². The maximum Gasteiger partial charge on any atom is 0.414 e. The summed E-state index contributed by atoms with van der Waals surface area (Å²) in [5.41, 5.74) is 1.99. The van der Waals surface area contributed by atoms with E-state index in [1.165, 1.54) is 28.5 Å². The Morgan fingerprint density at radius 1 is 1.16 bits per heavy atom. The highest BCUT2D eigenvalue weighted by atomic mass is 32.2. The van der Waals surface area contributed by atoms with Crippen molar-refractivity contribution in [2.75, 3.05) is 35.7 Å². The largest absolute Gasteiger partial charge is 0.444 e. The zero-order valence-corrected chi connectivity index (χ0v) is 20.6. The van der Waals surface area contributed by atoms with E-state index < -0.39 is 24.0 Å². The van der Waals surface area contributed by atoms with E-state index in [0.717, 1.165) is 10.3 Å². The van der Waals surface area contributed by atoms with Crippen LogP contribution in [0.2, 0.25) is 0 Å². The van der Waals surface area contributed by atoms with Crippen LogP contribution in [-0.2, 0) is 9.53 Å². The summed E-state index contributed by atoms with van der Waals surface area (Å²) in [6.45, 7) is 0.561. The average Bonchev–Trinajstić information content (AvgIpc) is 3.43. The lowest BCUT2D eigenvalue weighted by Gasteiger charge is -2.22. The van der Waals surface area contributed by atoms with E-state index >= 15 is 0 Å². The lowest BCUT2D eigenvalue weighted by molar-refractivity contribution is -0.113. The first-order valence-corrected chi connectivity index (χ1v) is 13.2. The Hall–Kier alpha value is -3.41. The summed E-state index contributed by atoms with van der Waals surface area (Å²) in [7, 11) is 0. The number of aliphatic hydroxyl groups is 1. The second-order valence-electron chi connectivity index (χ2n) is 9.40. The van der Waals surface area contributed by atoms with E-state index in [9.17, 15) is 23.9 Å². The Morgan fingerprint density at radius 2 is 2.00 bits per heavy atom. The van der Waals surface area contributed by atoms with Gasteiger partial charge in [0, 0.05) is 22.2 Å². The minimum absolute atomic E-state index is 0.0705. The highest BCUT2D eigenvalue weighted by Crippen LogP contribution is 2.40. The molecule has 3 N–H and O–H groups in total. The lowest BCUT2D eigenvalue weighted by atomic mass is 10.0. The van der Waals surface area contributed by atoms with Gasteiger partial charge in [-0.3, -0.25) is 14.5 Å². The van der Waals surface area contributed by atoms with Crippen LogP contribution in [0.4, 0.5) is 20.6 Å². The van der Waals surface area contributed by atoms with Crippen molar-refractivity contribution >= 4 is 46.0 Å². The molecule has 1 saturated heterocycles. The molecule has 11 heteroatoms. The third kappa shape index (κ3) is 4.16. The van der Waals surface area contributed by atoms with Crippen molar-refractivity contribution in [1.82, 2.24) is 9.88 Å². The zero-order chi connectivity index (χ0) is 25.7. The number of carbonyl (C=O) groups excluding carboxylic acids is 2. The maximum atomic E-state index is 14.8. The first kappa shape index (κ1) is 24.0. The molecule has 0 saturated carbocycles. The van der Waals surface area contributed by atoms with Gasteiger partial charge in [-0.05, 0) is 61.2 Å². The minimum Gasteiger partial charge on any atom is -0.444 e. The van der Waals surface area contributed by atoms with Crippen molar-refractivity contribution in [3.05, 3.63) is 64.2 Å². The van der Waals surface area contributed by atoms with Crippen molar-refractivity contribution in [3.63, 3.8) is 0 Å². The molecule has 3 aliphatic heterocycles. The number of rotatable bonds is 7. The Morgan fingerprint density at radius 3 is 2.84 bits per heavy atom. The molecule has 37 heavy (non-hydrogen) atoms. The van der Waals surface area contributed by atoms with Gasteiger partial charge in [0.25, 0.3) is 5.56 Å². The minimum atomic E-state index is -0.606. The summed E-state index contributed by atoms with van der Waals surface area (Å²) < 4.78 is 21.9. The molecule has 0 aliphatic carbocycles. The molecule has 3 aliphatic rings. The fourth-order valence-electron chi connectivity index (χ4n) is 5.46. The fraction of sp³-hybridized carbons (Fsp3) is 0.346. The molecule has 1 fully saturated rings. The van der Waals surface area contributed by atoms with Gasteiger partial charge < -0.3 is 25.0 Å². The number of anilines is 2. The van der Waals surface area contributed by atoms with Gasteiger partial charge in [0.2, 0.25) is 5.91 Å². The first-order chi connectivity index (χ1) is 17.9. The molecule has 6 rings (SSSR count). The number of aromatic nitrogens is 1. The molecule has 0 bridgehead atoms. The smallest absolute Gasteiger partial charge is 0.414 e. The number of thioether (sulfide) groups is 1. The summed E-state index contributed by atoms with van der Waals surface area (Å²) >= 11 is 1.46. The number of ether oxygens (including phenoxy) is 1. The van der Waals surface area contributed by atoms with Crippen LogP contribution in [-0.4, -0.2) is 53.2 Å². The quantitative estimate of drug-likeness (QED) is 0.407. The number of cyclic esters (lactones) is 1. The second kappa shape index (κ2) is 9.47. The number of halogens is 1. The standard InChI is InChI=1S/C26H25FN4O5S/c27-17-6-3-14-4-8-22(34)31-19(12-32)24(23(17)25(14)31)28-9-1-2-16-11-30(26(35)36-16)15-5-7-20-18(10-15)29-21(33)13-37-20/h3-8,10,16,19,24,28,32H,1-2,9,11-13H2,(H,29,33)/t16-,19+,24+/m1/s1. The molecular formula is C26H25FN4O5S. The second-order valence-corrected chi connectivity index (χ2v) is 10.4. The van der Waals surface area contributed by atoms with Crippen LogP contribution in [0.15, 0.2) is 52.2 Å². The summed E-state index contributed by atoms with van der Waals surface area (Å²) in [6, 6.07) is 10.5. The number of hydrogen-bond acceptors (Lipinski definition) is 7. The van der Waals surface area contributed by atoms with E-state index in [1.807, 2.05) is 12.1 Å². The number of nitrogens with one attached hydrogen (secondary N) is 2. The highest BCUT2D eigenvalue weighted by Gasteiger charge is 2.37. The Bertz CT molecular complexity index is 1480. The van der Waals surface area contributed by atoms with Crippen molar-refractivity contribution in [2.45, 2.75) is 35.9 Å². The van der Waals surface area contributed by atoms with Gasteiger partial charge >= 0.3 is 6.09 Å². The predicted molar refractivity (Wildman–Crippen MR) is 138 cm³/mol. The summed E-state index contributed by atoms with van der Waals surface area (Å²) in [5.74, 6) is -0.113. The first-order valence-electron chi connectivity index (χ1n) is 12.2. The molecule has 0 radical (unpaired) electrons. The van der Waals surface area contributed by atoms with E-state index in [-0.39, 0.29) is 24.2 Å². The Labute approximate surface area is 215 Å². The number of hydrogen-bond donors (Lipinski definition) is 3. The lowest BCUT2D eigenvalue weighted by Crippen LogP contribution is -2.33. The normalized spacial score (nSPS) is 22.3. The van der Waals surface area contributed by atoms with E-state index in [0.29, 0.717) is 54.1 Å². The number of aliphatic hydroxyl groups excluding tert-OH is 1. The van der Waals surface area contributed by atoms with Crippen LogP contribution in [0.1, 0.15) is 30.5 Å². The molecule has 3 aromatic rings. The molecule has 4 heterocycles. The average molecular weight is 525 g/mol. The number of nitrogens with zero attached hydrogens (tertiary/aromatic N) is 2. The fourth-order valence-corrected chi connectivity index (χ4v) is 6.24. The molecule has 192 valence electrons. The predicted octanol–water partition coefficient (Wildman–Crippen LogP) is 3.17. The topological polar surface area (TPSA) is 113 Å². The molecule has 1 aromatic heterocycles. The van der Waals surface area contributed by atoms with Gasteiger partial charge in [-0.2, -0.15) is 0 Å². The van der Waals surface area contributed by atoms with Crippen molar-refractivity contribution in [3.8, 4) is 0 Å². The van der Waals surface area contributed by atoms with Crippen LogP contribution in [0.25, 0.3) is 10.9 Å². The van der Waals surface area contributed by atoms with Gasteiger partial charge in [-0.25, -0.2) is 9.18 Å². The number of fused-ring (bicyclic) bond motifs is 1. The molecule has 2 aromatic carbocycles. The number of amides is 2. The van der Waals surface area contributed by atoms with E-state index in [4.69, 9.17) is 4.74 Å². The number of carbonyl (C=O) groups is 2. The third-order valence-corrected chi connectivity index (χ3v) is 8.22. The molecule has 3 atom stereocenters. The van der Waals surface area contributed by atoms with Gasteiger partial charge in [-0.1, -0.05) is 0 Å². The van der Waals surface area contributed by atoms with Crippen LogP contribution in [0.5, 0.6) is 0 Å². The molecule has 2 amide bonds. The monoisotopic (exact) mass is 524 g/mol. The van der Waals surface area contributed by atoms with Crippen LogP contribution < -0.4 is 21.1 Å². The zero-order valence-electron chi connectivity index (χ0n) is 19.8. The van der Waals surface area contributed by atoms with Crippen molar-refractivity contribution in [1.29, 1.82) is 0 Å². The van der Waals surface area contributed by atoms with Crippen molar-refractivity contribution in [2.24, 2.45) is 0 Å². The molecule has 9 nitrogen and oxygen atoms in total. The maximum absolute atomic E-state index is 14.8. The summed E-state index contributed by atoms with van der Waals surface area (Å²) in [6.07, 6.45) is 0.474. The molecule has 0 spiro atoms. The molecular weight excluding hydrogens is 499 g/mol. The van der Waals surface area contributed by atoms with Gasteiger partial charge in [0.1, 0.15) is 11.9 Å². The van der Waals surface area contributed by atoms with Crippen LogP contribution >= 0.6 is 11.8 Å². The number of pyridine rings is 1. The highest BCUT2D eigenvalue weighted by molar-refractivity contribution is 8.00. The van der Waals surface area contributed by atoms with Gasteiger partial charge in [0.05, 0.1) is 42.2 Å². The Kier molecular flexibility index (Phi) is 6.13. The Balaban J connectivity index is 1.10. The summed E-state index contributed by atoms with van der Waals surface area (Å²) in [5, 5.41) is 17.0. The van der Waals surface area contributed by atoms with Gasteiger partial charge in [0.15, 0.2) is 0 Å². The van der Waals surface area contributed by atoms with Crippen LogP contribution in [0.3, 0.4) is 0 Å². The van der Waals surface area contributed by atoms with Crippen LogP contribution in [0, 0.1) is 5.82 Å². The SMILES string of the molecule is O=C1CSc2ccc(N3C[C@@H](CCCN[C@@H]4c5c(F)ccc6ccc(=O)n(c56)[C@H]4CO)OC3=O)cc2N1. The van der Waals surface area contributed by atoms with E-state index in [2.05, 4.69) is 10.6 Å². The van der Waals surface area contributed by atoms with Gasteiger partial charge in [-0.15, -0.1) is 11.8 Å². The van der Waals surface area contributed by atoms with E-state index in [1.54, 1.807) is 23.1 Å².